The average molecular weight is 333 g/mol. The Labute approximate surface area is 138 Å². The highest BCUT2D eigenvalue weighted by atomic mass is 32.1. The van der Waals surface area contributed by atoms with Crippen LogP contribution >= 0.6 is 22.7 Å². The fourth-order valence-electron chi connectivity index (χ4n) is 2.71. The average Bonchev–Trinajstić information content (AvgIpc) is 3.26. The van der Waals surface area contributed by atoms with Gasteiger partial charge in [-0.05, 0) is 42.2 Å². The minimum atomic E-state index is -1.14. The van der Waals surface area contributed by atoms with Crippen LogP contribution in [-0.2, 0) is 10.4 Å². The Kier molecular flexibility index (Phi) is 4.76. The van der Waals surface area contributed by atoms with E-state index in [1.807, 2.05) is 35.0 Å². The predicted molar refractivity (Wildman–Crippen MR) is 91.1 cm³/mol. The molecule has 2 aromatic heterocycles. The molecule has 116 valence electrons. The Morgan fingerprint density at radius 1 is 1.23 bits per heavy atom. The molecule has 5 heteroatoms. The molecule has 1 unspecified atom stereocenters. The Bertz CT molecular complexity index is 597. The molecule has 2 N–H and O–H groups in total. The quantitative estimate of drug-likeness (QED) is 0.823. The molecule has 0 radical (unpaired) electrons. The van der Waals surface area contributed by atoms with Gasteiger partial charge in [-0.25, -0.2) is 0 Å². The third-order valence-corrected chi connectivity index (χ3v) is 6.06. The van der Waals surface area contributed by atoms with E-state index in [1.54, 1.807) is 0 Å². The van der Waals surface area contributed by atoms with Gasteiger partial charge in [0, 0.05) is 15.7 Å². The van der Waals surface area contributed by atoms with E-state index in [0.29, 0.717) is 0 Å². The molecule has 0 spiro atoms. The second-order valence-electron chi connectivity index (χ2n) is 5.51. The van der Waals surface area contributed by atoms with Crippen molar-refractivity contribution in [1.29, 1.82) is 0 Å². The number of thiophene rings is 2. The highest BCUT2D eigenvalue weighted by molar-refractivity contribution is 7.11. The zero-order valence-electron chi connectivity index (χ0n) is 12.2. The van der Waals surface area contributed by atoms with Crippen molar-refractivity contribution >= 4 is 28.6 Å². The maximum Gasteiger partial charge on any atom is 0.223 e. The summed E-state index contributed by atoms with van der Waals surface area (Å²) in [4.78, 5) is 14.1. The molecule has 1 aliphatic rings. The van der Waals surface area contributed by atoms with Crippen molar-refractivity contribution in [1.82, 2.24) is 5.32 Å². The molecule has 0 saturated heterocycles. The second-order valence-corrected chi connectivity index (χ2v) is 7.41. The van der Waals surface area contributed by atoms with Gasteiger partial charge in [-0.1, -0.05) is 24.3 Å². The van der Waals surface area contributed by atoms with Crippen molar-refractivity contribution < 1.29 is 9.90 Å². The Morgan fingerprint density at radius 2 is 1.91 bits per heavy atom. The maximum absolute atomic E-state index is 12.3. The zero-order chi connectivity index (χ0) is 15.4. The third-order valence-electron chi connectivity index (χ3n) is 4.02. The summed E-state index contributed by atoms with van der Waals surface area (Å²) in [6.07, 6.45) is 6.83. The van der Waals surface area contributed by atoms with E-state index in [1.165, 1.54) is 22.7 Å². The van der Waals surface area contributed by atoms with E-state index in [9.17, 15) is 9.90 Å². The first-order valence-electron chi connectivity index (χ1n) is 7.43. The summed E-state index contributed by atoms with van der Waals surface area (Å²) in [6, 6.07) is 7.68. The van der Waals surface area contributed by atoms with Gasteiger partial charge >= 0.3 is 0 Å². The van der Waals surface area contributed by atoms with E-state index < -0.39 is 5.60 Å². The number of hydrogen-bond donors (Lipinski definition) is 2. The lowest BCUT2D eigenvalue weighted by atomic mass is 9.93. The molecule has 2 aromatic rings. The van der Waals surface area contributed by atoms with E-state index in [2.05, 4.69) is 17.5 Å². The van der Waals surface area contributed by atoms with E-state index in [4.69, 9.17) is 0 Å². The topological polar surface area (TPSA) is 49.3 Å². The summed E-state index contributed by atoms with van der Waals surface area (Å²) < 4.78 is 0. The molecule has 0 aliphatic heterocycles. The molecular weight excluding hydrogens is 314 g/mol. The van der Waals surface area contributed by atoms with Crippen molar-refractivity contribution in [2.45, 2.75) is 24.9 Å². The van der Waals surface area contributed by atoms with E-state index in [0.717, 1.165) is 29.0 Å². The normalized spacial score (nSPS) is 18.3. The van der Waals surface area contributed by atoms with Crippen LogP contribution in [0.5, 0.6) is 0 Å². The Balaban J connectivity index is 1.74. The van der Waals surface area contributed by atoms with Crippen LogP contribution in [0.3, 0.4) is 0 Å². The molecule has 0 bridgehead atoms. The molecule has 0 saturated carbocycles. The first kappa shape index (κ1) is 15.5. The maximum atomic E-state index is 12.3. The highest BCUT2D eigenvalue weighted by Crippen LogP contribution is 2.35. The summed E-state index contributed by atoms with van der Waals surface area (Å²) in [7, 11) is 0. The number of aliphatic hydroxyl groups is 1. The fourth-order valence-corrected chi connectivity index (χ4v) is 4.46. The number of amides is 1. The van der Waals surface area contributed by atoms with Crippen LogP contribution in [0.25, 0.3) is 0 Å². The highest BCUT2D eigenvalue weighted by Gasteiger charge is 2.34. The molecule has 0 fully saturated rings. The van der Waals surface area contributed by atoms with Crippen LogP contribution in [-0.4, -0.2) is 17.6 Å². The summed E-state index contributed by atoms with van der Waals surface area (Å²) in [5.74, 6) is 0.0665. The lowest BCUT2D eigenvalue weighted by Gasteiger charge is -2.27. The summed E-state index contributed by atoms with van der Waals surface area (Å²) in [6.45, 7) is 0.215. The minimum Gasteiger partial charge on any atom is -0.377 e. The first-order valence-corrected chi connectivity index (χ1v) is 9.19. The molecule has 1 amide bonds. The van der Waals surface area contributed by atoms with E-state index in [-0.39, 0.29) is 18.4 Å². The number of carbonyl (C=O) groups is 1. The lowest BCUT2D eigenvalue weighted by Crippen LogP contribution is -2.43. The predicted octanol–water partition coefficient (Wildman–Crippen LogP) is 3.52. The first-order chi connectivity index (χ1) is 10.7. The van der Waals surface area contributed by atoms with Gasteiger partial charge in [-0.3, -0.25) is 4.79 Å². The van der Waals surface area contributed by atoms with E-state index >= 15 is 0 Å². The van der Waals surface area contributed by atoms with Crippen molar-refractivity contribution in [2.24, 2.45) is 5.92 Å². The van der Waals surface area contributed by atoms with Gasteiger partial charge in [0.25, 0.3) is 0 Å². The summed E-state index contributed by atoms with van der Waals surface area (Å²) >= 11 is 3.02. The van der Waals surface area contributed by atoms with Crippen molar-refractivity contribution in [3.8, 4) is 0 Å². The molecule has 1 atom stereocenters. The van der Waals surface area contributed by atoms with Crippen LogP contribution in [0.1, 0.15) is 29.0 Å². The third kappa shape index (κ3) is 3.16. The number of allylic oxidation sites excluding steroid dienone is 2. The summed E-state index contributed by atoms with van der Waals surface area (Å²) in [5, 5.41) is 18.0. The number of rotatable bonds is 5. The number of hydrogen-bond acceptors (Lipinski definition) is 4. The van der Waals surface area contributed by atoms with Gasteiger partial charge in [0.1, 0.15) is 5.60 Å². The van der Waals surface area contributed by atoms with Gasteiger partial charge in [0.2, 0.25) is 5.91 Å². The number of carbonyl (C=O) groups excluding carboxylic acids is 1. The van der Waals surface area contributed by atoms with Gasteiger partial charge in [-0.2, -0.15) is 0 Å². The zero-order valence-corrected chi connectivity index (χ0v) is 13.8. The molecule has 2 heterocycles. The van der Waals surface area contributed by atoms with Crippen LogP contribution < -0.4 is 5.32 Å². The van der Waals surface area contributed by atoms with Crippen molar-refractivity contribution in [3.05, 3.63) is 56.9 Å². The number of nitrogens with one attached hydrogen (secondary N) is 1. The second kappa shape index (κ2) is 6.77. The van der Waals surface area contributed by atoms with Crippen LogP contribution in [0, 0.1) is 5.92 Å². The lowest BCUT2D eigenvalue weighted by molar-refractivity contribution is -0.126. The molecular formula is C17H19NO2S2. The summed E-state index contributed by atoms with van der Waals surface area (Å²) in [5.41, 5.74) is -1.14. The van der Waals surface area contributed by atoms with Crippen LogP contribution in [0.2, 0.25) is 0 Å². The standard InChI is InChI=1S/C17H19NO2S2/c19-16(13-6-2-1-3-7-13)18-12-17(20,14-8-4-10-21-14)15-9-5-11-22-15/h1-2,4-5,8-11,13,20H,3,6-7,12H2,(H,18,19). The van der Waals surface area contributed by atoms with Crippen LogP contribution in [0.15, 0.2) is 47.2 Å². The SMILES string of the molecule is O=C(NCC(O)(c1cccs1)c1cccs1)C1CC=CCC1. The van der Waals surface area contributed by atoms with Gasteiger partial charge in [-0.15, -0.1) is 22.7 Å². The molecule has 22 heavy (non-hydrogen) atoms. The molecule has 3 rings (SSSR count). The largest absolute Gasteiger partial charge is 0.377 e. The Morgan fingerprint density at radius 3 is 2.41 bits per heavy atom. The van der Waals surface area contributed by atoms with Crippen molar-refractivity contribution in [2.75, 3.05) is 6.54 Å². The molecule has 3 nitrogen and oxygen atoms in total. The van der Waals surface area contributed by atoms with Crippen molar-refractivity contribution in [3.63, 3.8) is 0 Å². The van der Waals surface area contributed by atoms with Gasteiger partial charge in [0.15, 0.2) is 0 Å². The fraction of sp³-hybridized carbons (Fsp3) is 0.353. The molecule has 1 aliphatic carbocycles. The smallest absolute Gasteiger partial charge is 0.223 e. The van der Waals surface area contributed by atoms with Gasteiger partial charge < -0.3 is 10.4 Å². The monoisotopic (exact) mass is 333 g/mol. The van der Waals surface area contributed by atoms with Crippen LogP contribution in [0.4, 0.5) is 0 Å². The molecule has 0 aromatic carbocycles. The Hall–Kier alpha value is -1.43. The minimum absolute atomic E-state index is 0.0286. The van der Waals surface area contributed by atoms with Gasteiger partial charge in [0.05, 0.1) is 6.54 Å².